The summed E-state index contributed by atoms with van der Waals surface area (Å²) in [4.78, 5) is 11.7. The van der Waals surface area contributed by atoms with E-state index in [9.17, 15) is 4.79 Å². The van der Waals surface area contributed by atoms with Crippen molar-refractivity contribution in [1.29, 1.82) is 0 Å². The van der Waals surface area contributed by atoms with Gasteiger partial charge in [0.25, 0.3) is 5.91 Å². The molecule has 0 aliphatic rings. The second-order valence-electron chi connectivity index (χ2n) is 4.00. The van der Waals surface area contributed by atoms with Gasteiger partial charge in [0, 0.05) is 16.3 Å². The first-order valence-electron chi connectivity index (χ1n) is 6.06. The number of hydrogen-bond acceptors (Lipinski definition) is 2. The van der Waals surface area contributed by atoms with Gasteiger partial charge in [-0.15, -0.1) is 0 Å². The van der Waals surface area contributed by atoms with E-state index in [4.69, 9.17) is 0 Å². The molecule has 0 spiro atoms. The van der Waals surface area contributed by atoms with Gasteiger partial charge in [-0.1, -0.05) is 52.3 Å². The van der Waals surface area contributed by atoms with E-state index in [0.717, 1.165) is 10.0 Å². The van der Waals surface area contributed by atoms with Crippen molar-refractivity contribution in [2.75, 3.05) is 0 Å². The lowest BCUT2D eigenvalue weighted by atomic mass is 10.2. The van der Waals surface area contributed by atoms with Gasteiger partial charge < -0.3 is 0 Å². The molecule has 0 radical (unpaired) electrons. The zero-order valence-electron chi connectivity index (χ0n) is 10.7. The highest BCUT2D eigenvalue weighted by Gasteiger charge is 2.02. The van der Waals surface area contributed by atoms with E-state index in [2.05, 4.69) is 26.5 Å². The van der Waals surface area contributed by atoms with Gasteiger partial charge >= 0.3 is 0 Å². The number of benzene rings is 2. The number of rotatable bonds is 4. The topological polar surface area (TPSA) is 41.5 Å². The molecule has 0 bridgehead atoms. The fourth-order valence-corrected chi connectivity index (χ4v) is 1.79. The molecule has 0 fully saturated rings. The van der Waals surface area contributed by atoms with Crippen molar-refractivity contribution in [2.24, 2.45) is 5.10 Å². The van der Waals surface area contributed by atoms with Crippen LogP contribution in [-0.2, 0) is 0 Å². The number of hydrogen-bond donors (Lipinski definition) is 1. The van der Waals surface area contributed by atoms with Crippen LogP contribution in [0.1, 0.15) is 15.9 Å². The third-order valence-corrected chi connectivity index (χ3v) is 3.05. The first kappa shape index (κ1) is 14.2. The summed E-state index contributed by atoms with van der Waals surface area (Å²) in [6, 6.07) is 17.0. The van der Waals surface area contributed by atoms with Crippen LogP contribution >= 0.6 is 15.9 Å². The molecule has 2 aromatic carbocycles. The summed E-state index contributed by atoms with van der Waals surface area (Å²) in [6.45, 7) is 0. The average Bonchev–Trinajstić information content (AvgIpc) is 2.48. The Morgan fingerprint density at radius 2 is 1.75 bits per heavy atom. The van der Waals surface area contributed by atoms with E-state index in [1.54, 1.807) is 24.4 Å². The maximum Gasteiger partial charge on any atom is 0.271 e. The Kier molecular flexibility index (Phi) is 5.26. The highest BCUT2D eigenvalue weighted by atomic mass is 79.9. The Morgan fingerprint density at radius 1 is 1.05 bits per heavy atom. The zero-order chi connectivity index (χ0) is 14.2. The number of carbonyl (C=O) groups is 1. The molecule has 20 heavy (non-hydrogen) atoms. The van der Waals surface area contributed by atoms with E-state index in [1.165, 1.54) is 0 Å². The number of amides is 1. The van der Waals surface area contributed by atoms with Crippen LogP contribution in [0.3, 0.4) is 0 Å². The summed E-state index contributed by atoms with van der Waals surface area (Å²) in [5.41, 5.74) is 4.12. The first-order chi connectivity index (χ1) is 9.75. The lowest BCUT2D eigenvalue weighted by Crippen LogP contribution is -2.17. The molecule has 0 aromatic heterocycles. The predicted molar refractivity (Wildman–Crippen MR) is 85.6 cm³/mol. The molecule has 1 amide bonds. The van der Waals surface area contributed by atoms with Gasteiger partial charge in [0.1, 0.15) is 0 Å². The van der Waals surface area contributed by atoms with Gasteiger partial charge in [0.2, 0.25) is 0 Å². The highest BCUT2D eigenvalue weighted by molar-refractivity contribution is 9.10. The number of carbonyl (C=O) groups excluding carboxylic acids is 1. The third-order valence-electron chi connectivity index (χ3n) is 2.52. The van der Waals surface area contributed by atoms with Gasteiger partial charge in [-0.3, -0.25) is 4.79 Å². The third kappa shape index (κ3) is 4.48. The Labute approximate surface area is 126 Å². The minimum atomic E-state index is -0.234. The van der Waals surface area contributed by atoms with E-state index >= 15 is 0 Å². The second-order valence-corrected chi connectivity index (χ2v) is 4.91. The summed E-state index contributed by atoms with van der Waals surface area (Å²) in [5.74, 6) is -0.234. The summed E-state index contributed by atoms with van der Waals surface area (Å²) in [5, 5.41) is 3.86. The number of hydrazone groups is 1. The molecule has 0 heterocycles. The number of halogens is 1. The van der Waals surface area contributed by atoms with Crippen molar-refractivity contribution in [3.8, 4) is 0 Å². The van der Waals surface area contributed by atoms with E-state index in [1.807, 2.05) is 48.5 Å². The van der Waals surface area contributed by atoms with Crippen LogP contribution in [0, 0.1) is 0 Å². The molecule has 0 aliphatic heterocycles. The molecule has 1 N–H and O–H groups in total. The van der Waals surface area contributed by atoms with Crippen LogP contribution in [0.4, 0.5) is 0 Å². The summed E-state index contributed by atoms with van der Waals surface area (Å²) >= 11 is 3.32. The number of allylic oxidation sites excluding steroid dienone is 1. The molecule has 0 unspecified atom stereocenters. The van der Waals surface area contributed by atoms with Gasteiger partial charge in [-0.25, -0.2) is 5.43 Å². The lowest BCUT2D eigenvalue weighted by molar-refractivity contribution is 0.0955. The molecule has 4 heteroatoms. The number of nitrogens with zero attached hydrogens (tertiary/aromatic N) is 1. The van der Waals surface area contributed by atoms with Crippen LogP contribution < -0.4 is 5.43 Å². The predicted octanol–water partition coefficient (Wildman–Crippen LogP) is 3.88. The molecular weight excluding hydrogens is 316 g/mol. The van der Waals surface area contributed by atoms with Gasteiger partial charge in [0.15, 0.2) is 0 Å². The van der Waals surface area contributed by atoms with E-state index < -0.39 is 0 Å². The SMILES string of the molecule is O=C(NN=C/C=C/c1ccccc1)c1ccc(Br)cc1. The van der Waals surface area contributed by atoms with Crippen molar-refractivity contribution in [1.82, 2.24) is 5.43 Å². The maximum absolute atomic E-state index is 11.7. The smallest absolute Gasteiger partial charge is 0.267 e. The normalized spacial score (nSPS) is 11.1. The van der Waals surface area contributed by atoms with Crippen LogP contribution in [0.2, 0.25) is 0 Å². The standard InChI is InChI=1S/C16H13BrN2O/c17-15-10-8-14(9-11-15)16(20)19-18-12-4-7-13-5-2-1-3-6-13/h1-12H,(H,19,20)/b7-4+,18-12?. The molecule has 0 atom stereocenters. The van der Waals surface area contributed by atoms with Gasteiger partial charge in [0.05, 0.1) is 0 Å². The first-order valence-corrected chi connectivity index (χ1v) is 6.86. The molecular formula is C16H13BrN2O. The maximum atomic E-state index is 11.7. The van der Waals surface area contributed by atoms with Gasteiger partial charge in [-0.2, -0.15) is 5.10 Å². The fraction of sp³-hybridized carbons (Fsp3) is 0. The molecule has 3 nitrogen and oxygen atoms in total. The van der Waals surface area contributed by atoms with E-state index in [-0.39, 0.29) is 5.91 Å². The molecule has 0 saturated heterocycles. The quantitative estimate of drug-likeness (QED) is 0.671. The van der Waals surface area contributed by atoms with Crippen LogP contribution in [0.25, 0.3) is 6.08 Å². The Hall–Kier alpha value is -2.20. The second kappa shape index (κ2) is 7.40. The zero-order valence-corrected chi connectivity index (χ0v) is 12.2. The fourth-order valence-electron chi connectivity index (χ4n) is 1.52. The van der Waals surface area contributed by atoms with Crippen molar-refractivity contribution in [3.05, 3.63) is 76.3 Å². The summed E-state index contributed by atoms with van der Waals surface area (Å²) in [7, 11) is 0. The van der Waals surface area contributed by atoms with Crippen molar-refractivity contribution >= 4 is 34.1 Å². The van der Waals surface area contributed by atoms with Crippen molar-refractivity contribution < 1.29 is 4.79 Å². The minimum Gasteiger partial charge on any atom is -0.267 e. The van der Waals surface area contributed by atoms with E-state index in [0.29, 0.717) is 5.56 Å². The van der Waals surface area contributed by atoms with Crippen LogP contribution in [0.15, 0.2) is 70.2 Å². The lowest BCUT2D eigenvalue weighted by Gasteiger charge is -1.98. The monoisotopic (exact) mass is 328 g/mol. The van der Waals surface area contributed by atoms with Crippen molar-refractivity contribution in [2.45, 2.75) is 0 Å². The van der Waals surface area contributed by atoms with Crippen LogP contribution in [0.5, 0.6) is 0 Å². The number of nitrogens with one attached hydrogen (secondary N) is 1. The Balaban J connectivity index is 1.86. The molecule has 2 rings (SSSR count). The minimum absolute atomic E-state index is 0.234. The highest BCUT2D eigenvalue weighted by Crippen LogP contribution is 2.10. The van der Waals surface area contributed by atoms with Gasteiger partial charge in [-0.05, 0) is 35.9 Å². The van der Waals surface area contributed by atoms with Crippen molar-refractivity contribution in [3.63, 3.8) is 0 Å². The molecule has 0 aliphatic carbocycles. The summed E-state index contributed by atoms with van der Waals surface area (Å²) < 4.78 is 0.934. The molecule has 100 valence electrons. The Bertz CT molecular complexity index is 619. The van der Waals surface area contributed by atoms with Crippen LogP contribution in [-0.4, -0.2) is 12.1 Å². The Morgan fingerprint density at radius 3 is 2.45 bits per heavy atom. The molecule has 0 saturated carbocycles. The largest absolute Gasteiger partial charge is 0.271 e. The summed E-state index contributed by atoms with van der Waals surface area (Å²) in [6.07, 6.45) is 5.23. The molecule has 2 aromatic rings. The average molecular weight is 329 g/mol.